The second kappa shape index (κ2) is 7.37. The van der Waals surface area contributed by atoms with Gasteiger partial charge in [0, 0.05) is 12.1 Å². The van der Waals surface area contributed by atoms with Gasteiger partial charge in [0.25, 0.3) is 0 Å². The second-order valence-electron chi connectivity index (χ2n) is 4.44. The van der Waals surface area contributed by atoms with E-state index in [9.17, 15) is 13.2 Å². The molecule has 1 aromatic rings. The van der Waals surface area contributed by atoms with Crippen LogP contribution in [-0.4, -0.2) is 35.0 Å². The van der Waals surface area contributed by atoms with Crippen LogP contribution in [0.5, 0.6) is 0 Å². The minimum Gasteiger partial charge on any atom is -0.326 e. The maximum Gasteiger partial charge on any atom is 0.240 e. The highest BCUT2D eigenvalue weighted by Crippen LogP contribution is 2.20. The molecule has 0 atom stereocenters. The lowest BCUT2D eigenvalue weighted by Crippen LogP contribution is -2.20. The third-order valence-electron chi connectivity index (χ3n) is 2.86. The summed E-state index contributed by atoms with van der Waals surface area (Å²) in [7, 11) is -0.334. The lowest BCUT2D eigenvalue weighted by molar-refractivity contribution is -0.116. The van der Waals surface area contributed by atoms with Crippen molar-refractivity contribution in [2.24, 2.45) is 0 Å². The molecule has 1 aromatic carbocycles. The normalized spacial score (nSPS) is 11.3. The fraction of sp³-hybridized carbons (Fsp3) is 0.462. The molecule has 0 aliphatic heterocycles. The van der Waals surface area contributed by atoms with Crippen molar-refractivity contribution in [3.05, 3.63) is 23.8 Å². The molecule has 7 heteroatoms. The van der Waals surface area contributed by atoms with E-state index in [0.29, 0.717) is 17.7 Å². The quantitative estimate of drug-likeness (QED) is 0.651. The number of hydrogen-bond acceptors (Lipinski definition) is 4. The number of carbonyl (C=O) groups is 1. The molecule has 0 fully saturated rings. The summed E-state index contributed by atoms with van der Waals surface area (Å²) in [5.41, 5.74) is 1.12. The van der Waals surface area contributed by atoms with Gasteiger partial charge in [-0.15, -0.1) is 0 Å². The fourth-order valence-electron chi connectivity index (χ4n) is 1.73. The van der Waals surface area contributed by atoms with Gasteiger partial charge in [-0.1, -0.05) is 6.07 Å². The Balaban J connectivity index is 2.83. The highest BCUT2D eigenvalue weighted by atomic mass is 32.2. The van der Waals surface area contributed by atoms with E-state index < -0.39 is 10.0 Å². The number of amides is 1. The summed E-state index contributed by atoms with van der Waals surface area (Å²) >= 11 is 0. The number of nitrogens with one attached hydrogen (secondary N) is 3. The number of anilines is 1. The molecule has 0 saturated carbocycles. The lowest BCUT2D eigenvalue weighted by atomic mass is 10.2. The maximum atomic E-state index is 11.8. The van der Waals surface area contributed by atoms with Crippen LogP contribution in [0, 0.1) is 6.92 Å². The first kappa shape index (κ1) is 16.6. The topological polar surface area (TPSA) is 87.3 Å². The Morgan fingerprint density at radius 1 is 1.25 bits per heavy atom. The SMILES string of the molecule is CNCCCC(=O)Nc1ccc(C)c(S(=O)(=O)NC)c1. The molecule has 0 saturated heterocycles. The van der Waals surface area contributed by atoms with Crippen molar-refractivity contribution in [3.8, 4) is 0 Å². The Kier molecular flexibility index (Phi) is 6.12. The standard InChI is InChI=1S/C13H21N3O3S/c1-10-6-7-11(9-12(10)20(18,19)15-3)16-13(17)5-4-8-14-2/h6-7,9,14-15H,4-5,8H2,1-3H3,(H,16,17). The van der Waals surface area contributed by atoms with Crippen molar-refractivity contribution in [2.45, 2.75) is 24.7 Å². The summed E-state index contributed by atoms with van der Waals surface area (Å²) in [4.78, 5) is 11.9. The minimum atomic E-state index is -3.52. The summed E-state index contributed by atoms with van der Waals surface area (Å²) in [6, 6.07) is 4.84. The molecule has 0 spiro atoms. The van der Waals surface area contributed by atoms with Gasteiger partial charge >= 0.3 is 0 Å². The van der Waals surface area contributed by atoms with Gasteiger partial charge in [0.2, 0.25) is 15.9 Å². The van der Waals surface area contributed by atoms with Gasteiger partial charge in [-0.05, 0) is 51.7 Å². The molecule has 0 radical (unpaired) electrons. The Hall–Kier alpha value is -1.44. The van der Waals surface area contributed by atoms with E-state index in [-0.39, 0.29) is 10.8 Å². The van der Waals surface area contributed by atoms with Crippen molar-refractivity contribution in [1.29, 1.82) is 0 Å². The molecule has 0 aliphatic carbocycles. The molecule has 0 heterocycles. The molecule has 112 valence electrons. The molecule has 0 aromatic heterocycles. The first-order valence-electron chi connectivity index (χ1n) is 6.39. The van der Waals surface area contributed by atoms with E-state index in [0.717, 1.165) is 13.0 Å². The third-order valence-corrected chi connectivity index (χ3v) is 4.42. The summed E-state index contributed by atoms with van der Waals surface area (Å²) in [5.74, 6) is -0.128. The molecule has 20 heavy (non-hydrogen) atoms. The van der Waals surface area contributed by atoms with E-state index in [1.165, 1.54) is 13.1 Å². The maximum absolute atomic E-state index is 11.8. The first-order chi connectivity index (χ1) is 9.40. The predicted molar refractivity (Wildman–Crippen MR) is 79.2 cm³/mol. The molecular formula is C13H21N3O3S. The van der Waals surface area contributed by atoms with Crippen LogP contribution in [0.3, 0.4) is 0 Å². The van der Waals surface area contributed by atoms with Crippen molar-refractivity contribution in [1.82, 2.24) is 10.0 Å². The van der Waals surface area contributed by atoms with Gasteiger partial charge in [-0.3, -0.25) is 4.79 Å². The van der Waals surface area contributed by atoms with Crippen LogP contribution in [0.25, 0.3) is 0 Å². The Morgan fingerprint density at radius 2 is 1.95 bits per heavy atom. The second-order valence-corrected chi connectivity index (χ2v) is 6.30. The minimum absolute atomic E-state index is 0.128. The summed E-state index contributed by atoms with van der Waals surface area (Å²) in [5, 5.41) is 5.67. The molecule has 6 nitrogen and oxygen atoms in total. The largest absolute Gasteiger partial charge is 0.326 e. The van der Waals surface area contributed by atoms with E-state index in [1.54, 1.807) is 19.1 Å². The van der Waals surface area contributed by atoms with Gasteiger partial charge in [0.15, 0.2) is 0 Å². The summed E-state index contributed by atoms with van der Waals surface area (Å²) in [6.07, 6.45) is 1.12. The zero-order valence-corrected chi connectivity index (χ0v) is 12.8. The highest BCUT2D eigenvalue weighted by Gasteiger charge is 2.15. The lowest BCUT2D eigenvalue weighted by Gasteiger charge is -2.10. The van der Waals surface area contributed by atoms with Crippen LogP contribution in [0.2, 0.25) is 0 Å². The van der Waals surface area contributed by atoms with Crippen molar-refractivity contribution >= 4 is 21.6 Å². The first-order valence-corrected chi connectivity index (χ1v) is 7.87. The number of carbonyl (C=O) groups excluding carboxylic acids is 1. The van der Waals surface area contributed by atoms with E-state index in [4.69, 9.17) is 0 Å². The summed E-state index contributed by atoms with van der Waals surface area (Å²) < 4.78 is 25.9. The van der Waals surface area contributed by atoms with Crippen LogP contribution in [-0.2, 0) is 14.8 Å². The monoisotopic (exact) mass is 299 g/mol. The van der Waals surface area contributed by atoms with Gasteiger partial charge in [-0.25, -0.2) is 13.1 Å². The average molecular weight is 299 g/mol. The average Bonchev–Trinajstić information content (AvgIpc) is 2.41. The number of benzene rings is 1. The van der Waals surface area contributed by atoms with E-state index in [1.807, 2.05) is 7.05 Å². The van der Waals surface area contributed by atoms with Crippen LogP contribution in [0.1, 0.15) is 18.4 Å². The Bertz CT molecular complexity index is 570. The van der Waals surface area contributed by atoms with E-state index in [2.05, 4.69) is 15.4 Å². The predicted octanol–water partition coefficient (Wildman–Crippen LogP) is 0.841. The third kappa shape index (κ3) is 4.59. The smallest absolute Gasteiger partial charge is 0.240 e. The van der Waals surface area contributed by atoms with Crippen molar-refractivity contribution in [3.63, 3.8) is 0 Å². The van der Waals surface area contributed by atoms with E-state index >= 15 is 0 Å². The van der Waals surface area contributed by atoms with Crippen LogP contribution in [0.4, 0.5) is 5.69 Å². The zero-order chi connectivity index (χ0) is 15.2. The molecule has 1 amide bonds. The van der Waals surface area contributed by atoms with Crippen LogP contribution >= 0.6 is 0 Å². The number of sulfonamides is 1. The van der Waals surface area contributed by atoms with Crippen molar-refractivity contribution < 1.29 is 13.2 Å². The van der Waals surface area contributed by atoms with Crippen LogP contribution < -0.4 is 15.4 Å². The van der Waals surface area contributed by atoms with Gasteiger partial charge in [-0.2, -0.15) is 0 Å². The fourth-order valence-corrected chi connectivity index (χ4v) is 2.72. The number of aryl methyl sites for hydroxylation is 1. The molecular weight excluding hydrogens is 278 g/mol. The molecule has 0 unspecified atom stereocenters. The number of rotatable bonds is 7. The summed E-state index contributed by atoms with van der Waals surface area (Å²) in [6.45, 7) is 2.48. The van der Waals surface area contributed by atoms with Gasteiger partial charge < -0.3 is 10.6 Å². The highest BCUT2D eigenvalue weighted by molar-refractivity contribution is 7.89. The zero-order valence-electron chi connectivity index (χ0n) is 12.0. The Morgan fingerprint density at radius 3 is 2.55 bits per heavy atom. The number of hydrogen-bond donors (Lipinski definition) is 3. The van der Waals surface area contributed by atoms with Crippen LogP contribution in [0.15, 0.2) is 23.1 Å². The van der Waals surface area contributed by atoms with Gasteiger partial charge in [0.1, 0.15) is 0 Å². The molecule has 0 bridgehead atoms. The Labute approximate surface area is 120 Å². The molecule has 3 N–H and O–H groups in total. The molecule has 1 rings (SSSR count). The van der Waals surface area contributed by atoms with Crippen molar-refractivity contribution in [2.75, 3.05) is 26.0 Å². The van der Waals surface area contributed by atoms with Gasteiger partial charge in [0.05, 0.1) is 4.90 Å². The molecule has 0 aliphatic rings.